The summed E-state index contributed by atoms with van der Waals surface area (Å²) in [7, 11) is 1.60. The topological polar surface area (TPSA) is 134 Å². The number of methoxy groups -OCH3 is 1. The zero-order valence-corrected chi connectivity index (χ0v) is 20.4. The van der Waals surface area contributed by atoms with Crippen molar-refractivity contribution < 1.29 is 42.5 Å². The van der Waals surface area contributed by atoms with Gasteiger partial charge in [0.15, 0.2) is 0 Å². The molecule has 1 aromatic heterocycles. The van der Waals surface area contributed by atoms with Gasteiger partial charge in [-0.3, -0.25) is 0 Å². The van der Waals surface area contributed by atoms with Crippen molar-refractivity contribution in [3.8, 4) is 5.75 Å². The van der Waals surface area contributed by atoms with Crippen LogP contribution >= 0.6 is 0 Å². The molecule has 3 aromatic rings. The maximum atomic E-state index is 13.5. The van der Waals surface area contributed by atoms with E-state index < -0.39 is 23.9 Å². The van der Waals surface area contributed by atoms with Gasteiger partial charge in [-0.15, -0.1) is 0 Å². The lowest BCUT2D eigenvalue weighted by atomic mass is 9.96. The van der Waals surface area contributed by atoms with E-state index >= 15 is 0 Å². The maximum Gasteiger partial charge on any atom is 0.449 e. The highest BCUT2D eigenvalue weighted by Crippen LogP contribution is 2.33. The number of ether oxygens (including phenoxy) is 1. The van der Waals surface area contributed by atoms with Crippen molar-refractivity contribution in [3.05, 3.63) is 59.9 Å². The summed E-state index contributed by atoms with van der Waals surface area (Å²) in [4.78, 5) is 36.2. The highest BCUT2D eigenvalue weighted by Gasteiger charge is 2.38. The molecule has 0 atom stereocenters. The zero-order valence-electron chi connectivity index (χ0n) is 20.4. The minimum atomic E-state index is -4.51. The third-order valence-corrected chi connectivity index (χ3v) is 6.04. The van der Waals surface area contributed by atoms with Gasteiger partial charge in [-0.1, -0.05) is 24.3 Å². The number of likely N-dealkylation sites (tertiary alicyclic amines) is 1. The molecule has 4 rings (SSSR count). The third-order valence-electron chi connectivity index (χ3n) is 6.04. The summed E-state index contributed by atoms with van der Waals surface area (Å²) in [5.74, 6) is -3.72. The average Bonchev–Trinajstić information content (AvgIpc) is 3.27. The smallest absolute Gasteiger partial charge is 0.449 e. The largest absolute Gasteiger partial charge is 0.497 e. The van der Waals surface area contributed by atoms with Crippen LogP contribution in [0.4, 0.5) is 18.0 Å². The van der Waals surface area contributed by atoms with Crippen molar-refractivity contribution >= 4 is 29.0 Å². The lowest BCUT2D eigenvalue weighted by Crippen LogP contribution is -2.44. The number of carbonyl (C=O) groups excluding carboxylic acids is 1. The number of aromatic nitrogens is 2. The van der Waals surface area contributed by atoms with Crippen molar-refractivity contribution in [2.75, 3.05) is 20.2 Å². The number of benzene rings is 2. The van der Waals surface area contributed by atoms with E-state index in [1.165, 1.54) is 4.57 Å². The number of aliphatic carboxylic acids is 2. The van der Waals surface area contributed by atoms with E-state index in [2.05, 4.69) is 10.3 Å². The molecule has 1 aliphatic rings. The van der Waals surface area contributed by atoms with Gasteiger partial charge in [-0.25, -0.2) is 19.4 Å². The van der Waals surface area contributed by atoms with Gasteiger partial charge >= 0.3 is 24.1 Å². The van der Waals surface area contributed by atoms with Crippen LogP contribution in [0.1, 0.15) is 24.2 Å². The van der Waals surface area contributed by atoms with E-state index in [0.717, 1.165) is 11.3 Å². The second kappa shape index (κ2) is 12.3. The van der Waals surface area contributed by atoms with Crippen molar-refractivity contribution in [1.82, 2.24) is 19.8 Å². The Kier molecular flexibility index (Phi) is 9.16. The molecule has 10 nitrogen and oxygen atoms in total. The van der Waals surface area contributed by atoms with Crippen molar-refractivity contribution in [1.29, 1.82) is 0 Å². The fraction of sp³-hybridized carbons (Fsp3) is 0.360. The summed E-state index contributed by atoms with van der Waals surface area (Å²) >= 11 is 0. The SMILES string of the molecule is COc1ccc(CNC(=O)N2CCC(Cn3c(C(F)(F)F)nc4ccccc43)CC2)cc1.O=C(O)C(=O)O. The number of rotatable bonds is 5. The summed E-state index contributed by atoms with van der Waals surface area (Å²) in [5, 5.41) is 17.7. The molecular weight excluding hydrogens is 509 g/mol. The molecule has 2 heterocycles. The second-order valence-electron chi connectivity index (χ2n) is 8.58. The first-order valence-electron chi connectivity index (χ1n) is 11.6. The minimum absolute atomic E-state index is 0.0411. The molecule has 13 heteroatoms. The Morgan fingerprint density at radius 3 is 2.18 bits per heavy atom. The summed E-state index contributed by atoms with van der Waals surface area (Å²) in [6, 6.07) is 13.9. The number of imidazole rings is 1. The van der Waals surface area contributed by atoms with Crippen LogP contribution in [0.2, 0.25) is 0 Å². The number of nitrogens with zero attached hydrogens (tertiary/aromatic N) is 3. The van der Waals surface area contributed by atoms with E-state index in [9.17, 15) is 18.0 Å². The standard InChI is InChI=1S/C23H25F3N4O2.C2H2O4/c1-32-18-8-6-16(7-9-18)14-27-22(31)29-12-10-17(11-13-29)15-30-20-5-3-2-4-19(20)28-21(30)23(24,25)26;3-1(4)2(5)6/h2-9,17H,10-15H2,1H3,(H,27,31);(H,3,4)(H,5,6). The quantitative estimate of drug-likeness (QED) is 0.422. The molecular formula is C25H27F3N4O6. The summed E-state index contributed by atoms with van der Waals surface area (Å²) < 4.78 is 47.0. The molecule has 1 saturated heterocycles. The highest BCUT2D eigenvalue weighted by atomic mass is 19.4. The number of carboxylic acids is 2. The van der Waals surface area contributed by atoms with Crippen LogP contribution in [-0.2, 0) is 28.9 Å². The Labute approximate surface area is 215 Å². The van der Waals surface area contributed by atoms with Gasteiger partial charge in [-0.2, -0.15) is 13.2 Å². The number of piperidine rings is 1. The molecule has 3 N–H and O–H groups in total. The van der Waals surface area contributed by atoms with E-state index in [4.69, 9.17) is 24.5 Å². The number of amides is 2. The zero-order chi connectivity index (χ0) is 27.9. The molecule has 2 amide bonds. The normalized spacial score (nSPS) is 13.9. The van der Waals surface area contributed by atoms with E-state index in [0.29, 0.717) is 43.5 Å². The highest BCUT2D eigenvalue weighted by molar-refractivity contribution is 6.27. The van der Waals surface area contributed by atoms with Gasteiger partial charge in [0, 0.05) is 26.2 Å². The average molecular weight is 537 g/mol. The monoisotopic (exact) mass is 536 g/mol. The number of hydrogen-bond acceptors (Lipinski definition) is 5. The summed E-state index contributed by atoms with van der Waals surface area (Å²) in [6.07, 6.45) is -3.24. The molecule has 0 radical (unpaired) electrons. The Balaban J connectivity index is 0.000000599. The molecule has 204 valence electrons. The van der Waals surface area contributed by atoms with Gasteiger partial charge in [0.25, 0.3) is 0 Å². The third kappa shape index (κ3) is 7.37. The van der Waals surface area contributed by atoms with Gasteiger partial charge in [-0.05, 0) is 48.6 Å². The molecule has 0 aliphatic carbocycles. The number of hydrogen-bond donors (Lipinski definition) is 3. The van der Waals surface area contributed by atoms with Crippen LogP contribution in [0.25, 0.3) is 11.0 Å². The van der Waals surface area contributed by atoms with Crippen LogP contribution in [0.3, 0.4) is 0 Å². The van der Waals surface area contributed by atoms with Crippen LogP contribution < -0.4 is 10.1 Å². The predicted molar refractivity (Wildman–Crippen MR) is 130 cm³/mol. The summed E-state index contributed by atoms with van der Waals surface area (Å²) in [6.45, 7) is 1.65. The van der Waals surface area contributed by atoms with Crippen LogP contribution in [0, 0.1) is 5.92 Å². The maximum absolute atomic E-state index is 13.5. The molecule has 0 unspecified atom stereocenters. The first-order valence-corrected chi connectivity index (χ1v) is 11.6. The predicted octanol–water partition coefficient (Wildman–Crippen LogP) is 3.84. The lowest BCUT2D eigenvalue weighted by Gasteiger charge is -2.32. The molecule has 2 aromatic carbocycles. The number of halogens is 3. The first-order chi connectivity index (χ1) is 18.0. The van der Waals surface area contributed by atoms with Crippen molar-refractivity contribution in [2.24, 2.45) is 5.92 Å². The Morgan fingerprint density at radius 1 is 1.03 bits per heavy atom. The van der Waals surface area contributed by atoms with Gasteiger partial charge in [0.1, 0.15) is 5.75 Å². The number of carboxylic acid groups (broad SMARTS) is 2. The van der Waals surface area contributed by atoms with Gasteiger partial charge in [0.2, 0.25) is 5.82 Å². The van der Waals surface area contributed by atoms with Crippen LogP contribution in [-0.4, -0.2) is 62.8 Å². The molecule has 38 heavy (non-hydrogen) atoms. The number of nitrogens with one attached hydrogen (secondary N) is 1. The number of urea groups is 1. The Hall–Kier alpha value is -4.29. The van der Waals surface area contributed by atoms with E-state index in [1.54, 1.807) is 36.3 Å². The number of carbonyl (C=O) groups is 3. The van der Waals surface area contributed by atoms with Crippen LogP contribution in [0.5, 0.6) is 5.75 Å². The molecule has 0 saturated carbocycles. The molecule has 0 bridgehead atoms. The number of alkyl halides is 3. The molecule has 0 spiro atoms. The lowest BCUT2D eigenvalue weighted by molar-refractivity contribution is -0.159. The molecule has 1 aliphatic heterocycles. The summed E-state index contributed by atoms with van der Waals surface area (Å²) in [5.41, 5.74) is 1.79. The fourth-order valence-corrected chi connectivity index (χ4v) is 4.09. The number of fused-ring (bicyclic) bond motifs is 1. The van der Waals surface area contributed by atoms with Crippen molar-refractivity contribution in [3.63, 3.8) is 0 Å². The Bertz CT molecular complexity index is 1260. The molecule has 1 fully saturated rings. The number of para-hydroxylation sites is 2. The van der Waals surface area contributed by atoms with E-state index in [-0.39, 0.29) is 18.5 Å². The second-order valence-corrected chi connectivity index (χ2v) is 8.58. The van der Waals surface area contributed by atoms with Gasteiger partial charge in [0.05, 0.1) is 18.1 Å². The fourth-order valence-electron chi connectivity index (χ4n) is 4.09. The van der Waals surface area contributed by atoms with Crippen molar-refractivity contribution in [2.45, 2.75) is 32.1 Å². The van der Waals surface area contributed by atoms with Gasteiger partial charge < -0.3 is 29.7 Å². The van der Waals surface area contributed by atoms with E-state index in [1.807, 2.05) is 24.3 Å². The Morgan fingerprint density at radius 2 is 1.63 bits per heavy atom. The first kappa shape index (κ1) is 28.3. The van der Waals surface area contributed by atoms with Crippen LogP contribution in [0.15, 0.2) is 48.5 Å². The minimum Gasteiger partial charge on any atom is -0.497 e.